The molecule has 114 valence electrons. The van der Waals surface area contributed by atoms with Gasteiger partial charge in [-0.15, -0.1) is 0 Å². The summed E-state index contributed by atoms with van der Waals surface area (Å²) in [7, 11) is 0. The molecule has 2 aliphatic heterocycles. The average Bonchev–Trinajstić information content (AvgIpc) is 3.25. The fourth-order valence-corrected chi connectivity index (χ4v) is 4.82. The standard InChI is InChI=1S/C17H30N2O/c1-2-4-13(5-3-1)15-12-19(10-9-18-15)16-8-11-20-17(16)14-6-7-14/h13-18H,1-12H2. The first kappa shape index (κ1) is 13.5. The van der Waals surface area contributed by atoms with Crippen LogP contribution >= 0.6 is 0 Å². The van der Waals surface area contributed by atoms with Crippen LogP contribution in [0.3, 0.4) is 0 Å². The third-order valence-electron chi connectivity index (χ3n) is 6.11. The lowest BCUT2D eigenvalue weighted by atomic mass is 9.83. The van der Waals surface area contributed by atoms with Crippen molar-refractivity contribution in [1.29, 1.82) is 0 Å². The van der Waals surface area contributed by atoms with E-state index in [0.717, 1.165) is 30.5 Å². The molecule has 0 amide bonds. The number of ether oxygens (including phenoxy) is 1. The molecule has 2 aliphatic carbocycles. The van der Waals surface area contributed by atoms with Gasteiger partial charge >= 0.3 is 0 Å². The normalized spacial score (nSPS) is 41.1. The number of nitrogens with zero attached hydrogens (tertiary/aromatic N) is 1. The molecule has 3 heteroatoms. The largest absolute Gasteiger partial charge is 0.376 e. The summed E-state index contributed by atoms with van der Waals surface area (Å²) in [5.74, 6) is 1.83. The van der Waals surface area contributed by atoms with Gasteiger partial charge in [-0.1, -0.05) is 19.3 Å². The molecule has 2 saturated carbocycles. The Hall–Kier alpha value is -0.120. The predicted molar refractivity (Wildman–Crippen MR) is 80.8 cm³/mol. The van der Waals surface area contributed by atoms with E-state index in [1.54, 1.807) is 0 Å². The van der Waals surface area contributed by atoms with Crippen LogP contribution in [0.15, 0.2) is 0 Å². The van der Waals surface area contributed by atoms with Gasteiger partial charge in [0.05, 0.1) is 6.10 Å². The number of piperazine rings is 1. The molecule has 0 aromatic carbocycles. The lowest BCUT2D eigenvalue weighted by Gasteiger charge is -2.42. The zero-order valence-electron chi connectivity index (χ0n) is 12.7. The highest BCUT2D eigenvalue weighted by Gasteiger charge is 2.44. The zero-order chi connectivity index (χ0) is 13.4. The first-order valence-electron chi connectivity index (χ1n) is 9.01. The van der Waals surface area contributed by atoms with Crippen molar-refractivity contribution in [3.8, 4) is 0 Å². The van der Waals surface area contributed by atoms with Gasteiger partial charge < -0.3 is 10.1 Å². The Labute approximate surface area is 123 Å². The zero-order valence-corrected chi connectivity index (χ0v) is 12.7. The van der Waals surface area contributed by atoms with E-state index in [4.69, 9.17) is 4.74 Å². The van der Waals surface area contributed by atoms with Crippen molar-refractivity contribution in [2.24, 2.45) is 11.8 Å². The summed E-state index contributed by atoms with van der Waals surface area (Å²) in [4.78, 5) is 2.78. The van der Waals surface area contributed by atoms with Crippen molar-refractivity contribution in [2.75, 3.05) is 26.2 Å². The first-order valence-corrected chi connectivity index (χ1v) is 9.01. The van der Waals surface area contributed by atoms with Crippen molar-refractivity contribution in [3.63, 3.8) is 0 Å². The second-order valence-corrected chi connectivity index (χ2v) is 7.48. The number of hydrogen-bond donors (Lipinski definition) is 1. The molecule has 0 aromatic rings. The molecule has 4 rings (SSSR count). The highest BCUT2D eigenvalue weighted by Crippen LogP contribution is 2.40. The smallest absolute Gasteiger partial charge is 0.0759 e. The molecule has 2 saturated heterocycles. The minimum Gasteiger partial charge on any atom is -0.376 e. The van der Waals surface area contributed by atoms with Gasteiger partial charge in [0, 0.05) is 38.3 Å². The molecule has 2 heterocycles. The van der Waals surface area contributed by atoms with Crippen LogP contribution in [0.2, 0.25) is 0 Å². The Morgan fingerprint density at radius 2 is 1.75 bits per heavy atom. The molecule has 3 unspecified atom stereocenters. The van der Waals surface area contributed by atoms with Crippen LogP contribution in [0.5, 0.6) is 0 Å². The Bertz CT molecular complexity index is 325. The van der Waals surface area contributed by atoms with Crippen molar-refractivity contribution >= 4 is 0 Å². The lowest BCUT2D eigenvalue weighted by molar-refractivity contribution is 0.0286. The number of hydrogen-bond acceptors (Lipinski definition) is 3. The predicted octanol–water partition coefficient (Wildman–Crippen LogP) is 2.41. The van der Waals surface area contributed by atoms with E-state index in [2.05, 4.69) is 10.2 Å². The first-order chi connectivity index (χ1) is 9.92. The molecule has 0 bridgehead atoms. The monoisotopic (exact) mass is 278 g/mol. The average molecular weight is 278 g/mol. The van der Waals surface area contributed by atoms with Crippen LogP contribution < -0.4 is 5.32 Å². The summed E-state index contributed by atoms with van der Waals surface area (Å²) < 4.78 is 6.06. The van der Waals surface area contributed by atoms with Crippen LogP contribution in [0.25, 0.3) is 0 Å². The summed E-state index contributed by atoms with van der Waals surface area (Å²) in [6.07, 6.45) is 12.0. The quantitative estimate of drug-likeness (QED) is 0.858. The second kappa shape index (κ2) is 5.94. The summed E-state index contributed by atoms with van der Waals surface area (Å²) in [6.45, 7) is 4.71. The van der Waals surface area contributed by atoms with Crippen LogP contribution in [-0.4, -0.2) is 49.3 Å². The molecule has 0 spiro atoms. The minimum atomic E-state index is 0.570. The van der Waals surface area contributed by atoms with Crippen LogP contribution in [0, 0.1) is 11.8 Å². The van der Waals surface area contributed by atoms with E-state index in [-0.39, 0.29) is 0 Å². The maximum Gasteiger partial charge on any atom is 0.0759 e. The van der Waals surface area contributed by atoms with E-state index in [1.807, 2.05) is 0 Å². The lowest BCUT2D eigenvalue weighted by Crippen LogP contribution is -2.58. The van der Waals surface area contributed by atoms with Gasteiger partial charge in [0.15, 0.2) is 0 Å². The summed E-state index contributed by atoms with van der Waals surface area (Å²) in [6, 6.07) is 1.49. The maximum atomic E-state index is 6.06. The highest BCUT2D eigenvalue weighted by atomic mass is 16.5. The SMILES string of the molecule is C1CCC(C2CN(C3CCOC3C3CC3)CCN2)CC1. The van der Waals surface area contributed by atoms with E-state index < -0.39 is 0 Å². The van der Waals surface area contributed by atoms with E-state index in [9.17, 15) is 0 Å². The van der Waals surface area contributed by atoms with Gasteiger partial charge in [0.25, 0.3) is 0 Å². The second-order valence-electron chi connectivity index (χ2n) is 7.48. The van der Waals surface area contributed by atoms with E-state index >= 15 is 0 Å². The highest BCUT2D eigenvalue weighted by molar-refractivity contribution is 4.97. The number of rotatable bonds is 3. The van der Waals surface area contributed by atoms with Crippen LogP contribution in [-0.2, 0) is 4.74 Å². The summed E-state index contributed by atoms with van der Waals surface area (Å²) in [5, 5.41) is 3.82. The molecule has 0 aromatic heterocycles. The fraction of sp³-hybridized carbons (Fsp3) is 1.00. The molecule has 20 heavy (non-hydrogen) atoms. The van der Waals surface area contributed by atoms with Gasteiger partial charge in [0.2, 0.25) is 0 Å². The van der Waals surface area contributed by atoms with Crippen LogP contribution in [0.4, 0.5) is 0 Å². The van der Waals surface area contributed by atoms with Crippen molar-refractivity contribution < 1.29 is 4.74 Å². The third kappa shape index (κ3) is 2.77. The van der Waals surface area contributed by atoms with Crippen molar-refractivity contribution in [2.45, 2.75) is 69.6 Å². The van der Waals surface area contributed by atoms with Gasteiger partial charge in [-0.2, -0.15) is 0 Å². The molecular formula is C17H30N2O. The van der Waals surface area contributed by atoms with Gasteiger partial charge in [-0.05, 0) is 43.9 Å². The van der Waals surface area contributed by atoms with Crippen LogP contribution in [0.1, 0.15) is 51.4 Å². The minimum absolute atomic E-state index is 0.570. The number of nitrogens with one attached hydrogen (secondary N) is 1. The molecular weight excluding hydrogens is 248 g/mol. The summed E-state index contributed by atoms with van der Waals surface area (Å²) >= 11 is 0. The molecule has 4 fully saturated rings. The fourth-order valence-electron chi connectivity index (χ4n) is 4.82. The van der Waals surface area contributed by atoms with Gasteiger partial charge in [0.1, 0.15) is 0 Å². The Kier molecular flexibility index (Phi) is 4.02. The third-order valence-corrected chi connectivity index (χ3v) is 6.11. The van der Waals surface area contributed by atoms with E-state index in [1.165, 1.54) is 71.0 Å². The molecule has 3 nitrogen and oxygen atoms in total. The molecule has 1 N–H and O–H groups in total. The Balaban J connectivity index is 1.38. The Morgan fingerprint density at radius 3 is 2.55 bits per heavy atom. The van der Waals surface area contributed by atoms with E-state index in [0.29, 0.717) is 6.10 Å². The van der Waals surface area contributed by atoms with Crippen molar-refractivity contribution in [1.82, 2.24) is 10.2 Å². The topological polar surface area (TPSA) is 24.5 Å². The van der Waals surface area contributed by atoms with Crippen molar-refractivity contribution in [3.05, 3.63) is 0 Å². The Morgan fingerprint density at radius 1 is 0.900 bits per heavy atom. The van der Waals surface area contributed by atoms with Gasteiger partial charge in [-0.25, -0.2) is 0 Å². The maximum absolute atomic E-state index is 6.06. The summed E-state index contributed by atoms with van der Waals surface area (Å²) in [5.41, 5.74) is 0. The molecule has 4 aliphatic rings. The molecule has 3 atom stereocenters. The van der Waals surface area contributed by atoms with Gasteiger partial charge in [-0.3, -0.25) is 4.90 Å². The molecule has 0 radical (unpaired) electrons.